The van der Waals surface area contributed by atoms with Gasteiger partial charge in [0.15, 0.2) is 0 Å². The molecule has 1 heterocycles. The Morgan fingerprint density at radius 1 is 1.52 bits per heavy atom. The lowest BCUT2D eigenvalue weighted by atomic mass is 9.94. The average molecular weight is 309 g/mol. The number of anilines is 1. The van der Waals surface area contributed by atoms with Gasteiger partial charge in [-0.15, -0.1) is 6.42 Å². The van der Waals surface area contributed by atoms with Gasteiger partial charge in [0.1, 0.15) is 23.7 Å². The van der Waals surface area contributed by atoms with Crippen molar-refractivity contribution in [1.29, 1.82) is 0 Å². The number of hydrogen-bond acceptors (Lipinski definition) is 3. The van der Waals surface area contributed by atoms with Crippen molar-refractivity contribution in [2.75, 3.05) is 11.9 Å². The van der Waals surface area contributed by atoms with Crippen LogP contribution >= 0.6 is 0 Å². The fourth-order valence-corrected chi connectivity index (χ4v) is 2.77. The van der Waals surface area contributed by atoms with Crippen LogP contribution in [0.25, 0.3) is 17.0 Å². The Bertz CT molecular complexity index is 823. The minimum atomic E-state index is -0.0838. The van der Waals surface area contributed by atoms with Crippen LogP contribution in [0.2, 0.25) is 0 Å². The van der Waals surface area contributed by atoms with E-state index >= 15 is 0 Å². The van der Waals surface area contributed by atoms with Gasteiger partial charge >= 0.3 is 0 Å². The number of terminal acetylenes is 1. The molecule has 1 aromatic heterocycles. The van der Waals surface area contributed by atoms with Crippen LogP contribution in [0.5, 0.6) is 5.75 Å². The summed E-state index contributed by atoms with van der Waals surface area (Å²) in [6.45, 7) is 4.08. The summed E-state index contributed by atoms with van der Waals surface area (Å²) in [5, 5.41) is 3.82. The molecule has 2 aromatic rings. The van der Waals surface area contributed by atoms with Crippen LogP contribution in [-0.2, 0) is 4.79 Å². The van der Waals surface area contributed by atoms with Crippen molar-refractivity contribution in [3.05, 3.63) is 29.5 Å². The topological polar surface area (TPSA) is 51.5 Å². The zero-order chi connectivity index (χ0) is 16.4. The molecule has 1 aliphatic rings. The van der Waals surface area contributed by atoms with E-state index in [-0.39, 0.29) is 12.5 Å². The van der Waals surface area contributed by atoms with Gasteiger partial charge in [-0.1, -0.05) is 31.9 Å². The quantitative estimate of drug-likeness (QED) is 0.856. The summed E-state index contributed by atoms with van der Waals surface area (Å²) < 4.78 is 11.6. The van der Waals surface area contributed by atoms with Gasteiger partial charge in [0.2, 0.25) is 5.91 Å². The van der Waals surface area contributed by atoms with E-state index in [4.69, 9.17) is 15.6 Å². The standard InChI is InChI=1S/C19H19NO3/c1-4-9-22-17-10-14-13-8-6-7-12(3)19(13)23-16(14)11-15(17)20-18(21)5-2/h1,6,8,10-12H,5,7,9H2,2-3H3,(H,20,21). The Kier molecular flexibility index (Phi) is 4.12. The molecule has 1 atom stereocenters. The molecule has 0 saturated carbocycles. The van der Waals surface area contributed by atoms with Crippen molar-refractivity contribution in [1.82, 2.24) is 0 Å². The first-order valence-electron chi connectivity index (χ1n) is 7.77. The maximum absolute atomic E-state index is 11.7. The Morgan fingerprint density at radius 3 is 3.09 bits per heavy atom. The van der Waals surface area contributed by atoms with E-state index in [9.17, 15) is 4.79 Å². The Labute approximate surface area is 135 Å². The van der Waals surface area contributed by atoms with Gasteiger partial charge in [0.25, 0.3) is 0 Å². The average Bonchev–Trinajstić information content (AvgIpc) is 2.91. The third-order valence-electron chi connectivity index (χ3n) is 3.99. The molecule has 4 nitrogen and oxygen atoms in total. The van der Waals surface area contributed by atoms with Crippen LogP contribution in [0.15, 0.2) is 22.6 Å². The number of fused-ring (bicyclic) bond motifs is 3. The van der Waals surface area contributed by atoms with Crippen LogP contribution in [0.1, 0.15) is 43.9 Å². The first-order valence-corrected chi connectivity index (χ1v) is 7.77. The van der Waals surface area contributed by atoms with Gasteiger partial charge in [0.05, 0.1) is 5.69 Å². The van der Waals surface area contributed by atoms with E-state index < -0.39 is 0 Å². The van der Waals surface area contributed by atoms with Gasteiger partial charge in [-0.3, -0.25) is 4.79 Å². The molecule has 1 amide bonds. The number of hydrogen-bond donors (Lipinski definition) is 1. The van der Waals surface area contributed by atoms with Gasteiger partial charge in [0, 0.05) is 29.4 Å². The minimum Gasteiger partial charge on any atom is -0.479 e. The second kappa shape index (κ2) is 6.21. The number of ether oxygens (including phenoxy) is 1. The summed E-state index contributed by atoms with van der Waals surface area (Å²) >= 11 is 0. The lowest BCUT2D eigenvalue weighted by Gasteiger charge is -2.12. The van der Waals surface area contributed by atoms with E-state index in [1.54, 1.807) is 6.92 Å². The molecule has 0 aliphatic heterocycles. The third-order valence-corrected chi connectivity index (χ3v) is 3.99. The fraction of sp³-hybridized carbons (Fsp3) is 0.316. The molecule has 1 N–H and O–H groups in total. The number of carbonyl (C=O) groups is 1. The summed E-state index contributed by atoms with van der Waals surface area (Å²) in [6, 6.07) is 3.70. The monoisotopic (exact) mass is 309 g/mol. The maximum Gasteiger partial charge on any atom is 0.224 e. The fourth-order valence-electron chi connectivity index (χ4n) is 2.77. The second-order valence-electron chi connectivity index (χ2n) is 5.66. The number of amides is 1. The zero-order valence-corrected chi connectivity index (χ0v) is 13.3. The predicted octanol–water partition coefficient (Wildman–Crippen LogP) is 4.31. The molecular weight excluding hydrogens is 290 g/mol. The lowest BCUT2D eigenvalue weighted by molar-refractivity contribution is -0.115. The molecule has 0 bridgehead atoms. The summed E-state index contributed by atoms with van der Waals surface area (Å²) in [6.07, 6.45) is 10.9. The third kappa shape index (κ3) is 2.83. The van der Waals surface area contributed by atoms with Crippen LogP contribution in [0.3, 0.4) is 0 Å². The van der Waals surface area contributed by atoms with Crippen molar-refractivity contribution in [2.45, 2.75) is 32.6 Å². The molecule has 0 spiro atoms. The Morgan fingerprint density at radius 2 is 2.35 bits per heavy atom. The number of rotatable bonds is 4. The van der Waals surface area contributed by atoms with Crippen molar-refractivity contribution in [2.24, 2.45) is 0 Å². The highest BCUT2D eigenvalue weighted by atomic mass is 16.5. The van der Waals surface area contributed by atoms with Crippen LogP contribution in [0, 0.1) is 12.3 Å². The molecule has 1 aliphatic carbocycles. The number of benzene rings is 1. The normalized spacial score (nSPS) is 16.0. The highest BCUT2D eigenvalue weighted by Gasteiger charge is 2.22. The molecule has 118 valence electrons. The molecule has 0 saturated heterocycles. The van der Waals surface area contributed by atoms with Gasteiger partial charge in [-0.25, -0.2) is 0 Å². The van der Waals surface area contributed by atoms with Crippen LogP contribution in [0.4, 0.5) is 5.69 Å². The van der Waals surface area contributed by atoms with Gasteiger partial charge in [-0.2, -0.15) is 0 Å². The molecule has 4 heteroatoms. The molecular formula is C19H19NO3. The van der Waals surface area contributed by atoms with Crippen molar-refractivity contribution in [3.8, 4) is 18.1 Å². The van der Waals surface area contributed by atoms with E-state index in [0.717, 1.165) is 28.7 Å². The van der Waals surface area contributed by atoms with E-state index in [1.807, 2.05) is 12.1 Å². The minimum absolute atomic E-state index is 0.0838. The number of carbonyl (C=O) groups excluding carboxylic acids is 1. The first kappa shape index (κ1) is 15.2. The number of nitrogens with one attached hydrogen (secondary N) is 1. The molecule has 3 rings (SSSR count). The van der Waals surface area contributed by atoms with Gasteiger partial charge < -0.3 is 14.5 Å². The van der Waals surface area contributed by atoms with E-state index in [2.05, 4.69) is 30.3 Å². The van der Waals surface area contributed by atoms with Crippen LogP contribution in [-0.4, -0.2) is 12.5 Å². The molecule has 1 aromatic carbocycles. The van der Waals surface area contributed by atoms with Crippen molar-refractivity contribution < 1.29 is 13.9 Å². The smallest absolute Gasteiger partial charge is 0.224 e. The highest BCUT2D eigenvalue weighted by Crippen LogP contribution is 2.40. The SMILES string of the molecule is C#CCOc1cc2c3c(oc2cc1NC(=O)CC)C(C)CC=C3. The number of furan rings is 1. The van der Waals surface area contributed by atoms with Crippen LogP contribution < -0.4 is 10.1 Å². The van der Waals surface area contributed by atoms with E-state index in [1.165, 1.54) is 0 Å². The van der Waals surface area contributed by atoms with Crippen molar-refractivity contribution in [3.63, 3.8) is 0 Å². The zero-order valence-electron chi connectivity index (χ0n) is 13.3. The number of allylic oxidation sites excluding steroid dienone is 1. The van der Waals surface area contributed by atoms with E-state index in [0.29, 0.717) is 23.8 Å². The molecule has 23 heavy (non-hydrogen) atoms. The Hall–Kier alpha value is -2.67. The largest absolute Gasteiger partial charge is 0.479 e. The molecule has 0 fully saturated rings. The van der Waals surface area contributed by atoms with Gasteiger partial charge in [-0.05, 0) is 12.5 Å². The predicted molar refractivity (Wildman–Crippen MR) is 91.5 cm³/mol. The lowest BCUT2D eigenvalue weighted by Crippen LogP contribution is -2.11. The molecule has 0 radical (unpaired) electrons. The first-order chi connectivity index (χ1) is 11.1. The summed E-state index contributed by atoms with van der Waals surface area (Å²) in [7, 11) is 0. The maximum atomic E-state index is 11.7. The highest BCUT2D eigenvalue weighted by molar-refractivity contribution is 5.98. The summed E-state index contributed by atoms with van der Waals surface area (Å²) in [5.41, 5.74) is 2.41. The Balaban J connectivity index is 2.12. The molecule has 1 unspecified atom stereocenters. The summed E-state index contributed by atoms with van der Waals surface area (Å²) in [4.78, 5) is 11.7. The van der Waals surface area contributed by atoms with Crippen molar-refractivity contribution >= 4 is 28.6 Å². The summed E-state index contributed by atoms with van der Waals surface area (Å²) in [5.74, 6) is 4.24. The second-order valence-corrected chi connectivity index (χ2v) is 5.66.